The molecule has 0 saturated heterocycles. The second-order valence-electron chi connectivity index (χ2n) is 17.9. The van der Waals surface area contributed by atoms with Gasteiger partial charge in [0.05, 0.1) is 5.92 Å². The van der Waals surface area contributed by atoms with Crippen LogP contribution in [0.15, 0.2) is 0 Å². The predicted octanol–water partition coefficient (Wildman–Crippen LogP) is 15.0. The molecule has 1 atom stereocenters. The van der Waals surface area contributed by atoms with Crippen molar-refractivity contribution in [2.45, 2.75) is 271 Å². The van der Waals surface area contributed by atoms with Crippen molar-refractivity contribution in [2.24, 2.45) is 5.92 Å². The number of carbonyl (C=O) groups is 3. The van der Waals surface area contributed by atoms with Gasteiger partial charge in [-0.05, 0) is 103 Å². The summed E-state index contributed by atoms with van der Waals surface area (Å²) in [6.07, 6.45) is 36.2. The van der Waals surface area contributed by atoms with E-state index in [1.54, 1.807) is 0 Å². The first-order valence-corrected chi connectivity index (χ1v) is 26.7. The molecule has 0 rings (SSSR count). The Morgan fingerprint density at radius 1 is 0.424 bits per heavy atom. The van der Waals surface area contributed by atoms with E-state index < -0.39 is 0 Å². The van der Waals surface area contributed by atoms with Crippen molar-refractivity contribution in [1.29, 1.82) is 0 Å². The zero-order chi connectivity index (χ0) is 43.6. The first-order chi connectivity index (χ1) is 28.7. The highest BCUT2D eigenvalue weighted by molar-refractivity contribution is 7.99. The van der Waals surface area contributed by atoms with Gasteiger partial charge >= 0.3 is 17.9 Å². The van der Waals surface area contributed by atoms with Gasteiger partial charge in [0.25, 0.3) is 0 Å². The largest absolute Gasteiger partial charge is 0.462 e. The SMILES string of the molecule is CCCCCCCSCC(CCN(C)C)C(=O)OC(CCCCCCCCC(=O)OC(CCCC)CCCC)CCCCCCCCC(=O)OC(CCCC)CCCC. The van der Waals surface area contributed by atoms with Crippen LogP contribution >= 0.6 is 11.8 Å². The van der Waals surface area contributed by atoms with E-state index >= 15 is 0 Å². The van der Waals surface area contributed by atoms with Gasteiger partial charge in [-0.25, -0.2) is 0 Å². The fourth-order valence-corrected chi connectivity index (χ4v) is 8.84. The van der Waals surface area contributed by atoms with Crippen molar-refractivity contribution in [3.63, 3.8) is 0 Å². The van der Waals surface area contributed by atoms with Crippen molar-refractivity contribution in [2.75, 3.05) is 32.1 Å². The van der Waals surface area contributed by atoms with Crippen LogP contribution in [0.2, 0.25) is 0 Å². The Morgan fingerprint density at radius 2 is 0.780 bits per heavy atom. The lowest BCUT2D eigenvalue weighted by Gasteiger charge is -2.23. The number of carbonyl (C=O) groups excluding carboxylic acids is 3. The number of esters is 3. The number of ether oxygens (including phenoxy) is 3. The van der Waals surface area contributed by atoms with Crippen molar-refractivity contribution < 1.29 is 28.6 Å². The maximum atomic E-state index is 13.7. The van der Waals surface area contributed by atoms with E-state index in [4.69, 9.17) is 14.2 Å². The quantitative estimate of drug-likeness (QED) is 0.0340. The molecule has 0 spiro atoms. The third-order valence-corrected chi connectivity index (χ3v) is 12.9. The minimum atomic E-state index is -0.0546. The maximum Gasteiger partial charge on any atom is 0.310 e. The van der Waals surface area contributed by atoms with Crippen LogP contribution in [-0.4, -0.2) is 73.3 Å². The van der Waals surface area contributed by atoms with Crippen LogP contribution in [0.1, 0.15) is 253 Å². The summed E-state index contributed by atoms with van der Waals surface area (Å²) in [5.74, 6) is 1.89. The average Bonchev–Trinajstić information content (AvgIpc) is 3.22. The first kappa shape index (κ1) is 57.7. The van der Waals surface area contributed by atoms with Crippen molar-refractivity contribution >= 4 is 29.7 Å². The molecule has 0 N–H and O–H groups in total. The molecular formula is C51H99NO6S. The van der Waals surface area contributed by atoms with Crippen LogP contribution in [0, 0.1) is 5.92 Å². The molecule has 0 aromatic rings. The normalized spacial score (nSPS) is 12.3. The van der Waals surface area contributed by atoms with Crippen LogP contribution in [0.4, 0.5) is 0 Å². The Labute approximate surface area is 371 Å². The molecule has 0 bridgehead atoms. The van der Waals surface area contributed by atoms with Gasteiger partial charge < -0.3 is 19.1 Å². The summed E-state index contributed by atoms with van der Waals surface area (Å²) in [5, 5.41) is 0. The second-order valence-corrected chi connectivity index (χ2v) is 19.1. The molecule has 59 heavy (non-hydrogen) atoms. The molecule has 0 aliphatic carbocycles. The van der Waals surface area contributed by atoms with E-state index in [9.17, 15) is 14.4 Å². The van der Waals surface area contributed by atoms with E-state index in [0.29, 0.717) is 12.8 Å². The summed E-state index contributed by atoms with van der Waals surface area (Å²) in [7, 11) is 4.17. The molecular weight excluding hydrogens is 755 g/mol. The zero-order valence-corrected chi connectivity index (χ0v) is 41.1. The molecule has 7 nitrogen and oxygen atoms in total. The fourth-order valence-electron chi connectivity index (χ4n) is 7.68. The number of rotatable bonds is 45. The van der Waals surface area contributed by atoms with Crippen LogP contribution < -0.4 is 0 Å². The number of hydrogen-bond donors (Lipinski definition) is 0. The number of unbranched alkanes of at least 4 members (excludes halogenated alkanes) is 18. The van der Waals surface area contributed by atoms with Gasteiger partial charge in [-0.15, -0.1) is 0 Å². The lowest BCUT2D eigenvalue weighted by molar-refractivity contribution is -0.154. The van der Waals surface area contributed by atoms with Gasteiger partial charge in [0.15, 0.2) is 0 Å². The standard InChI is InChI=1S/C51H99NO6S/c1-8-13-18-27-32-43-59-44-45(41-42-52(6)7)51(55)58-48(37-28-23-19-21-25-30-39-49(53)56-46(33-14-9-2)34-15-10-3)38-29-24-20-22-26-31-40-50(54)57-47(35-16-11-4)36-17-12-5/h45-48H,8-44H2,1-7H3. The molecule has 0 amide bonds. The lowest BCUT2D eigenvalue weighted by Crippen LogP contribution is -2.29. The third kappa shape index (κ3) is 38.2. The predicted molar refractivity (Wildman–Crippen MR) is 254 cm³/mol. The van der Waals surface area contributed by atoms with Crippen LogP contribution in [0.25, 0.3) is 0 Å². The maximum absolute atomic E-state index is 13.7. The monoisotopic (exact) mass is 854 g/mol. The van der Waals surface area contributed by atoms with Gasteiger partial charge in [0.1, 0.15) is 18.3 Å². The molecule has 0 fully saturated rings. The Morgan fingerprint density at radius 3 is 1.20 bits per heavy atom. The third-order valence-electron chi connectivity index (χ3n) is 11.7. The van der Waals surface area contributed by atoms with E-state index in [1.165, 1.54) is 32.1 Å². The highest BCUT2D eigenvalue weighted by Gasteiger charge is 2.24. The number of nitrogens with zero attached hydrogens (tertiary/aromatic N) is 1. The second kappa shape index (κ2) is 43.4. The van der Waals surface area contributed by atoms with Crippen LogP contribution in [0.5, 0.6) is 0 Å². The smallest absolute Gasteiger partial charge is 0.310 e. The van der Waals surface area contributed by atoms with Crippen molar-refractivity contribution in [1.82, 2.24) is 4.90 Å². The molecule has 0 heterocycles. The lowest BCUT2D eigenvalue weighted by atomic mass is 10.0. The minimum absolute atomic E-state index is 0.00681. The Bertz CT molecular complexity index is 881. The summed E-state index contributed by atoms with van der Waals surface area (Å²) in [5.41, 5.74) is 0. The Balaban J connectivity index is 4.90. The van der Waals surface area contributed by atoms with Gasteiger partial charge in [-0.2, -0.15) is 11.8 Å². The molecule has 0 radical (unpaired) electrons. The minimum Gasteiger partial charge on any atom is -0.462 e. The molecule has 0 aromatic heterocycles. The molecule has 350 valence electrons. The molecule has 0 aromatic carbocycles. The fraction of sp³-hybridized carbons (Fsp3) is 0.941. The molecule has 0 aliphatic rings. The molecule has 0 saturated carbocycles. The highest BCUT2D eigenvalue weighted by atomic mass is 32.2. The Kier molecular flexibility index (Phi) is 42.4. The summed E-state index contributed by atoms with van der Waals surface area (Å²) in [4.78, 5) is 40.9. The van der Waals surface area contributed by atoms with Gasteiger partial charge in [-0.1, -0.05) is 163 Å². The van der Waals surface area contributed by atoms with Gasteiger partial charge in [0, 0.05) is 18.6 Å². The zero-order valence-electron chi connectivity index (χ0n) is 40.3. The highest BCUT2D eigenvalue weighted by Crippen LogP contribution is 2.23. The van der Waals surface area contributed by atoms with E-state index in [0.717, 1.165) is 191 Å². The van der Waals surface area contributed by atoms with Gasteiger partial charge in [-0.3, -0.25) is 14.4 Å². The van der Waals surface area contributed by atoms with E-state index in [-0.39, 0.29) is 42.1 Å². The van der Waals surface area contributed by atoms with Gasteiger partial charge in [0.2, 0.25) is 0 Å². The Hall–Kier alpha value is -1.28. The van der Waals surface area contributed by atoms with Crippen molar-refractivity contribution in [3.8, 4) is 0 Å². The molecule has 8 heteroatoms. The number of thioether (sulfide) groups is 1. The summed E-state index contributed by atoms with van der Waals surface area (Å²) in [6, 6.07) is 0. The summed E-state index contributed by atoms with van der Waals surface area (Å²) >= 11 is 1.93. The summed E-state index contributed by atoms with van der Waals surface area (Å²) in [6.45, 7) is 11.9. The first-order valence-electron chi connectivity index (χ1n) is 25.5. The van der Waals surface area contributed by atoms with Crippen LogP contribution in [-0.2, 0) is 28.6 Å². The van der Waals surface area contributed by atoms with Crippen LogP contribution in [0.3, 0.4) is 0 Å². The average molecular weight is 854 g/mol. The summed E-state index contributed by atoms with van der Waals surface area (Å²) < 4.78 is 18.1. The molecule has 1 unspecified atom stereocenters. The van der Waals surface area contributed by atoms with Crippen molar-refractivity contribution in [3.05, 3.63) is 0 Å². The van der Waals surface area contributed by atoms with E-state index in [1.807, 2.05) is 11.8 Å². The number of hydrogen-bond acceptors (Lipinski definition) is 8. The topological polar surface area (TPSA) is 82.1 Å². The van der Waals surface area contributed by atoms with E-state index in [2.05, 4.69) is 53.6 Å². The molecule has 0 aliphatic heterocycles.